The van der Waals surface area contributed by atoms with Crippen molar-refractivity contribution in [1.82, 2.24) is 19.7 Å². The Balaban J connectivity index is 1.56. The van der Waals surface area contributed by atoms with Gasteiger partial charge < -0.3 is 9.32 Å². The molecule has 0 aliphatic carbocycles. The minimum Gasteiger partial charge on any atom is -0.462 e. The van der Waals surface area contributed by atoms with E-state index < -0.39 is 0 Å². The predicted octanol–water partition coefficient (Wildman–Crippen LogP) is 3.21. The Morgan fingerprint density at radius 2 is 2.38 bits per heavy atom. The van der Waals surface area contributed by atoms with Gasteiger partial charge >= 0.3 is 0 Å². The molecule has 24 heavy (non-hydrogen) atoms. The number of hydrogen-bond donors (Lipinski definition) is 0. The van der Waals surface area contributed by atoms with E-state index in [4.69, 9.17) is 4.42 Å². The molecule has 3 aromatic heterocycles. The number of aromatic nitrogens is 3. The van der Waals surface area contributed by atoms with Crippen LogP contribution in [0, 0.1) is 6.92 Å². The Morgan fingerprint density at radius 1 is 1.46 bits per heavy atom. The van der Waals surface area contributed by atoms with Crippen LogP contribution in [0.1, 0.15) is 28.2 Å². The fourth-order valence-corrected chi connectivity index (χ4v) is 4.03. The molecule has 1 atom stereocenters. The van der Waals surface area contributed by atoms with Crippen LogP contribution in [0.2, 0.25) is 0 Å². The van der Waals surface area contributed by atoms with Crippen LogP contribution in [0.15, 0.2) is 41.3 Å². The van der Waals surface area contributed by atoms with E-state index in [1.54, 1.807) is 12.5 Å². The predicted molar refractivity (Wildman–Crippen MR) is 90.8 cm³/mol. The molecule has 1 aliphatic rings. The summed E-state index contributed by atoms with van der Waals surface area (Å²) >= 11 is 1.50. The number of hydrogen-bond acceptors (Lipinski definition) is 5. The monoisotopic (exact) mass is 342 g/mol. The summed E-state index contributed by atoms with van der Waals surface area (Å²) in [7, 11) is 0. The summed E-state index contributed by atoms with van der Waals surface area (Å²) in [6, 6.07) is 5.77. The van der Waals surface area contributed by atoms with Gasteiger partial charge in [0.25, 0.3) is 5.91 Å². The van der Waals surface area contributed by atoms with Gasteiger partial charge in [-0.2, -0.15) is 5.10 Å². The molecule has 0 unspecified atom stereocenters. The highest BCUT2D eigenvalue weighted by Gasteiger charge is 2.32. The molecule has 0 radical (unpaired) electrons. The van der Waals surface area contributed by atoms with Crippen LogP contribution in [0.3, 0.4) is 0 Å². The van der Waals surface area contributed by atoms with Gasteiger partial charge in [-0.3, -0.25) is 9.48 Å². The maximum Gasteiger partial charge on any atom is 0.273 e. The second-order valence-electron chi connectivity index (χ2n) is 5.92. The molecule has 1 aliphatic heterocycles. The van der Waals surface area contributed by atoms with Gasteiger partial charge in [0.05, 0.1) is 18.8 Å². The van der Waals surface area contributed by atoms with E-state index in [-0.39, 0.29) is 11.9 Å². The Kier molecular flexibility index (Phi) is 3.93. The van der Waals surface area contributed by atoms with Gasteiger partial charge in [0.2, 0.25) is 0 Å². The van der Waals surface area contributed by atoms with Crippen LogP contribution >= 0.6 is 11.3 Å². The van der Waals surface area contributed by atoms with Gasteiger partial charge in [-0.05, 0) is 38.0 Å². The second kappa shape index (κ2) is 6.24. The number of carbonyl (C=O) groups excluding carboxylic acids is 1. The van der Waals surface area contributed by atoms with Crippen molar-refractivity contribution in [2.45, 2.75) is 32.4 Å². The lowest BCUT2D eigenvalue weighted by atomic mass is 10.2. The molecule has 0 aromatic carbocycles. The van der Waals surface area contributed by atoms with Crippen LogP contribution in [0.5, 0.6) is 0 Å². The minimum atomic E-state index is 0.0104. The van der Waals surface area contributed by atoms with E-state index in [1.165, 1.54) is 11.3 Å². The molecule has 1 amide bonds. The van der Waals surface area contributed by atoms with Gasteiger partial charge in [0.1, 0.15) is 5.69 Å². The lowest BCUT2D eigenvalue weighted by Crippen LogP contribution is -2.38. The first kappa shape index (κ1) is 15.1. The van der Waals surface area contributed by atoms with Crippen molar-refractivity contribution in [3.8, 4) is 10.8 Å². The number of amides is 1. The zero-order valence-corrected chi connectivity index (χ0v) is 14.2. The first-order valence-electron chi connectivity index (χ1n) is 8.02. The van der Waals surface area contributed by atoms with E-state index in [1.807, 2.05) is 40.9 Å². The highest BCUT2D eigenvalue weighted by atomic mass is 32.1. The average Bonchev–Trinajstić information content (AvgIpc) is 3.35. The van der Waals surface area contributed by atoms with Gasteiger partial charge in [-0.15, -0.1) is 11.3 Å². The molecule has 1 fully saturated rings. The first-order chi connectivity index (χ1) is 11.7. The van der Waals surface area contributed by atoms with E-state index in [0.717, 1.165) is 35.8 Å². The van der Waals surface area contributed by atoms with Crippen LogP contribution < -0.4 is 0 Å². The van der Waals surface area contributed by atoms with Crippen molar-refractivity contribution in [2.24, 2.45) is 0 Å². The van der Waals surface area contributed by atoms with Crippen LogP contribution in [-0.4, -0.2) is 38.2 Å². The molecule has 4 heterocycles. The fourth-order valence-electron chi connectivity index (χ4n) is 3.15. The highest BCUT2D eigenvalue weighted by Crippen LogP contribution is 2.30. The Bertz CT molecular complexity index is 823. The van der Waals surface area contributed by atoms with Crippen molar-refractivity contribution in [3.63, 3.8) is 0 Å². The minimum absolute atomic E-state index is 0.0104. The highest BCUT2D eigenvalue weighted by molar-refractivity contribution is 7.15. The van der Waals surface area contributed by atoms with Gasteiger partial charge in [-0.1, -0.05) is 0 Å². The summed E-state index contributed by atoms with van der Waals surface area (Å²) < 4.78 is 7.28. The number of thiazole rings is 1. The standard InChI is InChI=1S/C17H18N4O2S/c1-12-15(19-16(24-12)14-6-3-10-23-14)17(22)21-9-2-5-13(21)11-20-8-4-7-18-20/h3-4,6-8,10,13H,2,5,9,11H2,1H3/t13-/m1/s1. The number of furan rings is 1. The number of carbonyl (C=O) groups is 1. The summed E-state index contributed by atoms with van der Waals surface area (Å²) in [5.74, 6) is 0.716. The molecule has 7 heteroatoms. The molecule has 0 saturated carbocycles. The molecule has 4 rings (SSSR count). The third kappa shape index (κ3) is 2.75. The Morgan fingerprint density at radius 3 is 3.12 bits per heavy atom. The van der Waals surface area contributed by atoms with Crippen LogP contribution in [-0.2, 0) is 6.54 Å². The molecule has 0 bridgehead atoms. The molecule has 6 nitrogen and oxygen atoms in total. The summed E-state index contributed by atoms with van der Waals surface area (Å²) in [5.41, 5.74) is 0.541. The first-order valence-corrected chi connectivity index (χ1v) is 8.84. The third-order valence-corrected chi connectivity index (χ3v) is 5.31. The van der Waals surface area contributed by atoms with Crippen LogP contribution in [0.25, 0.3) is 10.8 Å². The number of aryl methyl sites for hydroxylation is 1. The van der Waals surface area contributed by atoms with Gasteiger partial charge in [-0.25, -0.2) is 4.98 Å². The van der Waals surface area contributed by atoms with E-state index in [9.17, 15) is 4.79 Å². The summed E-state index contributed by atoms with van der Waals surface area (Å²) in [4.78, 5) is 20.4. The van der Waals surface area contributed by atoms with Crippen molar-refractivity contribution in [3.05, 3.63) is 47.4 Å². The lowest BCUT2D eigenvalue weighted by Gasteiger charge is -2.24. The zero-order valence-electron chi connectivity index (χ0n) is 13.4. The Hall–Kier alpha value is -2.41. The van der Waals surface area contributed by atoms with Crippen molar-refractivity contribution in [2.75, 3.05) is 6.54 Å². The normalized spacial score (nSPS) is 17.5. The van der Waals surface area contributed by atoms with Crippen molar-refractivity contribution < 1.29 is 9.21 Å². The maximum atomic E-state index is 13.0. The van der Waals surface area contributed by atoms with E-state index >= 15 is 0 Å². The molecular formula is C17H18N4O2S. The van der Waals surface area contributed by atoms with Gasteiger partial charge in [0.15, 0.2) is 10.8 Å². The summed E-state index contributed by atoms with van der Waals surface area (Å²) in [6.07, 6.45) is 7.34. The molecule has 0 spiro atoms. The third-order valence-electron chi connectivity index (χ3n) is 4.33. The quantitative estimate of drug-likeness (QED) is 0.730. The van der Waals surface area contributed by atoms with E-state index in [2.05, 4.69) is 10.1 Å². The molecule has 0 N–H and O–H groups in total. The second-order valence-corrected chi connectivity index (χ2v) is 7.13. The van der Waals surface area contributed by atoms with Crippen molar-refractivity contribution >= 4 is 17.2 Å². The van der Waals surface area contributed by atoms with Gasteiger partial charge in [0, 0.05) is 23.8 Å². The number of likely N-dealkylation sites (tertiary alicyclic amines) is 1. The lowest BCUT2D eigenvalue weighted by molar-refractivity contribution is 0.0716. The zero-order chi connectivity index (χ0) is 16.5. The summed E-state index contributed by atoms with van der Waals surface area (Å²) in [6.45, 7) is 3.45. The number of rotatable bonds is 4. The molecule has 1 saturated heterocycles. The SMILES string of the molecule is Cc1sc(-c2ccco2)nc1C(=O)N1CCC[C@@H]1Cn1cccn1. The fraction of sp³-hybridized carbons (Fsp3) is 0.353. The summed E-state index contributed by atoms with van der Waals surface area (Å²) in [5, 5.41) is 5.01. The van der Waals surface area contributed by atoms with Crippen LogP contribution in [0.4, 0.5) is 0 Å². The molecule has 124 valence electrons. The maximum absolute atomic E-state index is 13.0. The van der Waals surface area contributed by atoms with E-state index in [0.29, 0.717) is 11.5 Å². The molecule has 3 aromatic rings. The Labute approximate surface area is 143 Å². The number of nitrogens with zero attached hydrogens (tertiary/aromatic N) is 4. The van der Waals surface area contributed by atoms with Crippen molar-refractivity contribution in [1.29, 1.82) is 0 Å². The molecular weight excluding hydrogens is 324 g/mol. The largest absolute Gasteiger partial charge is 0.462 e. The average molecular weight is 342 g/mol. The smallest absolute Gasteiger partial charge is 0.273 e. The topological polar surface area (TPSA) is 64.2 Å².